The van der Waals surface area contributed by atoms with E-state index in [1.807, 2.05) is 0 Å². The van der Waals surface area contributed by atoms with E-state index >= 15 is 0 Å². The SMILES string of the molecule is Nc1ccc([N+](=O)[O-])cc1COc1ccc(F)cc1Cl. The fourth-order valence-corrected chi connectivity index (χ4v) is 1.80. The fraction of sp³-hybridized carbons (Fsp3) is 0.0769. The maximum atomic E-state index is 12.9. The molecule has 5 nitrogen and oxygen atoms in total. The summed E-state index contributed by atoms with van der Waals surface area (Å²) >= 11 is 5.81. The van der Waals surface area contributed by atoms with Crippen LogP contribution in [0.25, 0.3) is 0 Å². The van der Waals surface area contributed by atoms with Crippen molar-refractivity contribution in [2.45, 2.75) is 6.61 Å². The average molecular weight is 297 g/mol. The number of rotatable bonds is 4. The average Bonchev–Trinajstić information content (AvgIpc) is 2.39. The summed E-state index contributed by atoms with van der Waals surface area (Å²) in [6.07, 6.45) is 0. The van der Waals surface area contributed by atoms with Gasteiger partial charge >= 0.3 is 0 Å². The van der Waals surface area contributed by atoms with Gasteiger partial charge in [-0.2, -0.15) is 0 Å². The van der Waals surface area contributed by atoms with Crippen LogP contribution in [0, 0.1) is 15.9 Å². The molecule has 0 bridgehead atoms. The Labute approximate surface area is 118 Å². The molecule has 0 radical (unpaired) electrons. The summed E-state index contributed by atoms with van der Waals surface area (Å²) in [7, 11) is 0. The summed E-state index contributed by atoms with van der Waals surface area (Å²) in [5.74, 6) is -0.198. The van der Waals surface area contributed by atoms with Crippen LogP contribution in [0.1, 0.15) is 5.56 Å². The van der Waals surface area contributed by atoms with E-state index in [-0.39, 0.29) is 23.1 Å². The van der Waals surface area contributed by atoms with Gasteiger partial charge in [0.2, 0.25) is 0 Å². The Kier molecular flexibility index (Phi) is 4.05. The first-order valence-electron chi connectivity index (χ1n) is 5.58. The molecule has 2 aromatic rings. The van der Waals surface area contributed by atoms with Gasteiger partial charge < -0.3 is 10.5 Å². The van der Waals surface area contributed by atoms with Crippen LogP contribution >= 0.6 is 11.6 Å². The Morgan fingerprint density at radius 2 is 2.05 bits per heavy atom. The number of nitro groups is 1. The van der Waals surface area contributed by atoms with Gasteiger partial charge in [0.25, 0.3) is 5.69 Å². The zero-order chi connectivity index (χ0) is 14.7. The fourth-order valence-electron chi connectivity index (χ4n) is 1.58. The predicted molar refractivity (Wildman–Crippen MR) is 73.3 cm³/mol. The van der Waals surface area contributed by atoms with Crippen molar-refractivity contribution in [3.05, 3.63) is 62.9 Å². The minimum atomic E-state index is -0.520. The molecule has 0 aliphatic rings. The van der Waals surface area contributed by atoms with E-state index in [1.54, 1.807) is 0 Å². The van der Waals surface area contributed by atoms with Crippen LogP contribution in [0.2, 0.25) is 5.02 Å². The third kappa shape index (κ3) is 3.16. The normalized spacial score (nSPS) is 10.3. The van der Waals surface area contributed by atoms with E-state index < -0.39 is 10.7 Å². The number of ether oxygens (including phenoxy) is 1. The van der Waals surface area contributed by atoms with Gasteiger partial charge in [0.05, 0.1) is 9.95 Å². The van der Waals surface area contributed by atoms with Crippen molar-refractivity contribution in [1.82, 2.24) is 0 Å². The molecule has 0 spiro atoms. The highest BCUT2D eigenvalue weighted by molar-refractivity contribution is 6.32. The second-order valence-corrected chi connectivity index (χ2v) is 4.41. The number of nitrogens with zero attached hydrogens (tertiary/aromatic N) is 1. The highest BCUT2D eigenvalue weighted by Gasteiger charge is 2.10. The Morgan fingerprint density at radius 3 is 2.70 bits per heavy atom. The number of nitro benzene ring substituents is 1. The standard InChI is InChI=1S/C13H10ClFN2O3/c14-11-6-9(15)1-4-13(11)20-7-8-5-10(17(18)19)2-3-12(8)16/h1-6H,7,16H2. The lowest BCUT2D eigenvalue weighted by Crippen LogP contribution is -2.02. The van der Waals surface area contributed by atoms with Crippen LogP contribution < -0.4 is 10.5 Å². The first-order valence-corrected chi connectivity index (χ1v) is 5.96. The zero-order valence-electron chi connectivity index (χ0n) is 10.2. The molecule has 104 valence electrons. The molecule has 2 N–H and O–H groups in total. The lowest BCUT2D eigenvalue weighted by molar-refractivity contribution is -0.384. The molecule has 0 atom stereocenters. The van der Waals surface area contributed by atoms with Gasteiger partial charge in [-0.05, 0) is 24.3 Å². The van der Waals surface area contributed by atoms with Crippen molar-refractivity contribution in [3.8, 4) is 5.75 Å². The smallest absolute Gasteiger partial charge is 0.269 e. The summed E-state index contributed by atoms with van der Waals surface area (Å²) in [5.41, 5.74) is 6.47. The topological polar surface area (TPSA) is 78.4 Å². The number of anilines is 1. The Hall–Kier alpha value is -2.34. The van der Waals surface area contributed by atoms with Gasteiger partial charge in [0.15, 0.2) is 0 Å². The summed E-state index contributed by atoms with van der Waals surface area (Å²) in [5, 5.41) is 10.8. The molecule has 0 heterocycles. The molecule has 0 unspecified atom stereocenters. The Bertz CT molecular complexity index is 664. The van der Waals surface area contributed by atoms with Crippen molar-refractivity contribution >= 4 is 23.0 Å². The summed E-state index contributed by atoms with van der Waals surface area (Å²) in [6.45, 7) is -0.00113. The second kappa shape index (κ2) is 5.75. The largest absolute Gasteiger partial charge is 0.487 e. The van der Waals surface area contributed by atoms with E-state index in [4.69, 9.17) is 22.1 Å². The van der Waals surface area contributed by atoms with Gasteiger partial charge in [0, 0.05) is 23.4 Å². The molecular weight excluding hydrogens is 287 g/mol. The number of nitrogen functional groups attached to an aromatic ring is 1. The van der Waals surface area contributed by atoms with Gasteiger partial charge in [-0.1, -0.05) is 11.6 Å². The highest BCUT2D eigenvalue weighted by atomic mass is 35.5. The highest BCUT2D eigenvalue weighted by Crippen LogP contribution is 2.27. The lowest BCUT2D eigenvalue weighted by atomic mass is 10.1. The Balaban J connectivity index is 2.18. The number of benzene rings is 2. The molecule has 2 rings (SSSR count). The van der Waals surface area contributed by atoms with E-state index in [2.05, 4.69) is 0 Å². The third-order valence-electron chi connectivity index (χ3n) is 2.61. The minimum absolute atomic E-state index is 0.00113. The number of hydrogen-bond acceptors (Lipinski definition) is 4. The second-order valence-electron chi connectivity index (χ2n) is 4.00. The summed E-state index contributed by atoms with van der Waals surface area (Å²) in [6, 6.07) is 7.77. The molecule has 0 fully saturated rings. The van der Waals surface area contributed by atoms with E-state index in [1.165, 1.54) is 30.3 Å². The minimum Gasteiger partial charge on any atom is -0.487 e. The van der Waals surface area contributed by atoms with Crippen molar-refractivity contribution < 1.29 is 14.1 Å². The molecule has 7 heteroatoms. The third-order valence-corrected chi connectivity index (χ3v) is 2.91. The molecule has 0 aliphatic heterocycles. The molecular formula is C13H10ClFN2O3. The quantitative estimate of drug-likeness (QED) is 0.531. The van der Waals surface area contributed by atoms with Crippen molar-refractivity contribution in [2.75, 3.05) is 5.73 Å². The van der Waals surface area contributed by atoms with E-state index in [9.17, 15) is 14.5 Å². The molecule has 20 heavy (non-hydrogen) atoms. The first-order chi connectivity index (χ1) is 9.47. The van der Waals surface area contributed by atoms with E-state index in [0.717, 1.165) is 6.07 Å². The number of hydrogen-bond donors (Lipinski definition) is 1. The first kappa shape index (κ1) is 14.1. The van der Waals surface area contributed by atoms with Crippen molar-refractivity contribution in [1.29, 1.82) is 0 Å². The maximum Gasteiger partial charge on any atom is 0.269 e. The van der Waals surface area contributed by atoms with E-state index in [0.29, 0.717) is 11.3 Å². The van der Waals surface area contributed by atoms with Crippen LogP contribution in [0.15, 0.2) is 36.4 Å². The van der Waals surface area contributed by atoms with Crippen molar-refractivity contribution in [3.63, 3.8) is 0 Å². The molecule has 0 saturated carbocycles. The van der Waals surface area contributed by atoms with Crippen LogP contribution in [0.4, 0.5) is 15.8 Å². The van der Waals surface area contributed by atoms with Crippen LogP contribution in [-0.4, -0.2) is 4.92 Å². The van der Waals surface area contributed by atoms with Gasteiger partial charge in [0.1, 0.15) is 18.2 Å². The summed E-state index contributed by atoms with van der Waals surface area (Å²) in [4.78, 5) is 10.2. The molecule has 0 amide bonds. The monoisotopic (exact) mass is 296 g/mol. The van der Waals surface area contributed by atoms with Gasteiger partial charge in [-0.3, -0.25) is 10.1 Å². The number of nitrogens with two attached hydrogens (primary N) is 1. The molecule has 0 aromatic heterocycles. The lowest BCUT2D eigenvalue weighted by Gasteiger charge is -2.09. The van der Waals surface area contributed by atoms with Crippen molar-refractivity contribution in [2.24, 2.45) is 0 Å². The van der Waals surface area contributed by atoms with Gasteiger partial charge in [-0.15, -0.1) is 0 Å². The zero-order valence-corrected chi connectivity index (χ0v) is 10.9. The Morgan fingerprint density at radius 1 is 1.30 bits per heavy atom. The number of non-ortho nitro benzene ring substituents is 1. The maximum absolute atomic E-state index is 12.9. The summed E-state index contributed by atoms with van der Waals surface area (Å²) < 4.78 is 18.3. The molecule has 0 aliphatic carbocycles. The molecule has 2 aromatic carbocycles. The predicted octanol–water partition coefficient (Wildman–Crippen LogP) is 3.55. The van der Waals surface area contributed by atoms with Gasteiger partial charge in [-0.25, -0.2) is 4.39 Å². The van der Waals surface area contributed by atoms with Crippen LogP contribution in [-0.2, 0) is 6.61 Å². The van der Waals surface area contributed by atoms with Crippen LogP contribution in [0.3, 0.4) is 0 Å². The number of halogens is 2. The molecule has 0 saturated heterocycles. The van der Waals surface area contributed by atoms with Crippen LogP contribution in [0.5, 0.6) is 5.75 Å².